The van der Waals surface area contributed by atoms with Crippen LogP contribution in [0.2, 0.25) is 0 Å². The number of imidazole rings is 1. The molecule has 3 aromatic rings. The lowest BCUT2D eigenvalue weighted by atomic mass is 10.1. The summed E-state index contributed by atoms with van der Waals surface area (Å²) in [6.45, 7) is 3.86. The van der Waals surface area contributed by atoms with Crippen molar-refractivity contribution in [3.8, 4) is 0 Å². The second-order valence-electron chi connectivity index (χ2n) is 9.81. The van der Waals surface area contributed by atoms with E-state index in [1.807, 2.05) is 14.4 Å². The number of halogens is 3. The van der Waals surface area contributed by atoms with Crippen molar-refractivity contribution < 1.29 is 22.8 Å². The highest BCUT2D eigenvalue weighted by Gasteiger charge is 2.30. The van der Waals surface area contributed by atoms with E-state index in [9.17, 15) is 22.8 Å². The lowest BCUT2D eigenvalue weighted by Crippen LogP contribution is -2.28. The summed E-state index contributed by atoms with van der Waals surface area (Å²) >= 11 is 0. The van der Waals surface area contributed by atoms with E-state index >= 15 is 0 Å². The van der Waals surface area contributed by atoms with Gasteiger partial charge in [-0.1, -0.05) is 12.1 Å². The summed E-state index contributed by atoms with van der Waals surface area (Å²) in [6.07, 6.45) is 0.833. The van der Waals surface area contributed by atoms with Crippen LogP contribution in [0.3, 0.4) is 0 Å². The third-order valence-electron chi connectivity index (χ3n) is 7.02. The quantitative estimate of drug-likeness (QED) is 0.356. The zero-order chi connectivity index (χ0) is 27.4. The first-order valence-corrected chi connectivity index (χ1v) is 13.2. The van der Waals surface area contributed by atoms with Crippen molar-refractivity contribution in [1.29, 1.82) is 0 Å². The number of nitrogens with zero attached hydrogens (tertiary/aromatic N) is 6. The van der Waals surface area contributed by atoms with Crippen LogP contribution in [-0.2, 0) is 28.9 Å². The number of nitrogens with one attached hydrogen (secondary N) is 2. The number of anilines is 2. The molecule has 2 aliphatic heterocycles. The highest BCUT2D eigenvalue weighted by Crippen LogP contribution is 2.30. The highest BCUT2D eigenvalue weighted by molar-refractivity contribution is 5.84. The van der Waals surface area contributed by atoms with Crippen molar-refractivity contribution in [2.45, 2.75) is 51.4 Å². The first-order chi connectivity index (χ1) is 18.8. The summed E-state index contributed by atoms with van der Waals surface area (Å²) < 4.78 is 41.3. The van der Waals surface area contributed by atoms with Gasteiger partial charge in [0.1, 0.15) is 0 Å². The third-order valence-corrected chi connectivity index (χ3v) is 7.02. The minimum absolute atomic E-state index is 0.113. The molecule has 13 heteroatoms. The Kier molecular flexibility index (Phi) is 7.84. The van der Waals surface area contributed by atoms with E-state index in [1.54, 1.807) is 12.4 Å². The van der Waals surface area contributed by atoms with Gasteiger partial charge in [0.05, 0.1) is 11.9 Å². The molecular formula is C26H31F3N8O2. The maximum Gasteiger partial charge on any atom is 0.416 e. The zero-order valence-electron chi connectivity index (χ0n) is 21.5. The van der Waals surface area contributed by atoms with Gasteiger partial charge in [-0.25, -0.2) is 4.98 Å². The van der Waals surface area contributed by atoms with Crippen LogP contribution in [0.5, 0.6) is 0 Å². The Morgan fingerprint density at radius 1 is 0.923 bits per heavy atom. The van der Waals surface area contributed by atoms with Crippen LogP contribution in [0.25, 0.3) is 11.2 Å². The maximum atomic E-state index is 13.2. The number of fused-ring (bicyclic) bond motifs is 1. The molecule has 208 valence electrons. The molecule has 2 amide bonds. The Balaban J connectivity index is 1.32. The third kappa shape index (κ3) is 6.40. The van der Waals surface area contributed by atoms with Gasteiger partial charge in [-0.2, -0.15) is 23.1 Å². The summed E-state index contributed by atoms with van der Waals surface area (Å²) in [7, 11) is 0. The lowest BCUT2D eigenvalue weighted by molar-refractivity contribution is -0.137. The number of carbonyl (C=O) groups is 2. The van der Waals surface area contributed by atoms with Gasteiger partial charge < -0.3 is 25.0 Å². The fourth-order valence-electron chi connectivity index (χ4n) is 4.93. The van der Waals surface area contributed by atoms with E-state index < -0.39 is 11.7 Å². The minimum atomic E-state index is -4.43. The normalized spacial score (nSPS) is 16.1. The minimum Gasteiger partial charge on any atom is -0.364 e. The molecule has 2 aliphatic rings. The van der Waals surface area contributed by atoms with Crippen LogP contribution in [0.15, 0.2) is 30.6 Å². The molecule has 0 unspecified atom stereocenters. The average molecular weight is 545 g/mol. The maximum absolute atomic E-state index is 13.2. The number of hydrogen-bond donors (Lipinski definition) is 2. The molecule has 2 fully saturated rings. The van der Waals surface area contributed by atoms with Crippen LogP contribution >= 0.6 is 0 Å². The Morgan fingerprint density at radius 3 is 2.36 bits per heavy atom. The van der Waals surface area contributed by atoms with Crippen LogP contribution in [-0.4, -0.2) is 73.9 Å². The first kappa shape index (κ1) is 26.7. The monoisotopic (exact) mass is 544 g/mol. The van der Waals surface area contributed by atoms with E-state index in [2.05, 4.69) is 25.6 Å². The van der Waals surface area contributed by atoms with Gasteiger partial charge in [0, 0.05) is 58.7 Å². The summed E-state index contributed by atoms with van der Waals surface area (Å²) in [6, 6.07) is 5.14. The average Bonchev–Trinajstić information content (AvgIpc) is 3.63. The van der Waals surface area contributed by atoms with Crippen molar-refractivity contribution in [2.24, 2.45) is 0 Å². The molecular weight excluding hydrogens is 513 g/mol. The number of likely N-dealkylation sites (tertiary alicyclic amines) is 2. The highest BCUT2D eigenvalue weighted by atomic mass is 19.4. The van der Waals surface area contributed by atoms with Gasteiger partial charge in [-0.05, 0) is 37.0 Å². The Morgan fingerprint density at radius 2 is 1.67 bits per heavy atom. The SMILES string of the molecule is O=C1CCCN1CCCNc1nc(NCc2cccc(C(F)(F)F)c2)c2ncn(CCN3CCCC3=O)c2n1. The van der Waals surface area contributed by atoms with E-state index in [4.69, 9.17) is 0 Å². The molecule has 0 atom stereocenters. The fraction of sp³-hybridized carbons (Fsp3) is 0.500. The Hall–Kier alpha value is -3.90. The number of hydrogen-bond acceptors (Lipinski definition) is 7. The molecule has 10 nitrogen and oxygen atoms in total. The number of benzene rings is 1. The lowest BCUT2D eigenvalue weighted by Gasteiger charge is -2.16. The first-order valence-electron chi connectivity index (χ1n) is 13.2. The summed E-state index contributed by atoms with van der Waals surface area (Å²) in [5, 5.41) is 6.34. The summed E-state index contributed by atoms with van der Waals surface area (Å²) in [4.78, 5) is 41.2. The molecule has 2 aromatic heterocycles. The molecule has 4 heterocycles. The molecule has 2 N–H and O–H groups in total. The number of carbonyl (C=O) groups excluding carboxylic acids is 2. The second-order valence-corrected chi connectivity index (χ2v) is 9.81. The number of rotatable bonds is 11. The molecule has 0 aliphatic carbocycles. The number of aromatic nitrogens is 4. The Labute approximate surface area is 223 Å². The second kappa shape index (κ2) is 11.5. The van der Waals surface area contributed by atoms with Crippen molar-refractivity contribution in [2.75, 3.05) is 43.4 Å². The Bertz CT molecular complexity index is 1340. The molecule has 2 saturated heterocycles. The van der Waals surface area contributed by atoms with Crippen LogP contribution in [0, 0.1) is 0 Å². The zero-order valence-corrected chi connectivity index (χ0v) is 21.5. The van der Waals surface area contributed by atoms with Crippen molar-refractivity contribution in [1.82, 2.24) is 29.3 Å². The van der Waals surface area contributed by atoms with Gasteiger partial charge in [-0.3, -0.25) is 9.59 Å². The van der Waals surface area contributed by atoms with Crippen molar-refractivity contribution >= 4 is 34.7 Å². The molecule has 0 saturated carbocycles. The van der Waals surface area contributed by atoms with Crippen molar-refractivity contribution in [3.63, 3.8) is 0 Å². The molecule has 5 rings (SSSR count). The van der Waals surface area contributed by atoms with Gasteiger partial charge in [-0.15, -0.1) is 0 Å². The predicted octanol–water partition coefficient (Wildman–Crippen LogP) is 3.50. The molecule has 0 bridgehead atoms. The van der Waals surface area contributed by atoms with E-state index in [0.29, 0.717) is 67.5 Å². The van der Waals surface area contributed by atoms with Gasteiger partial charge in [0.15, 0.2) is 17.0 Å². The van der Waals surface area contributed by atoms with Gasteiger partial charge >= 0.3 is 6.18 Å². The molecule has 39 heavy (non-hydrogen) atoms. The van der Waals surface area contributed by atoms with Crippen LogP contribution < -0.4 is 10.6 Å². The predicted molar refractivity (Wildman–Crippen MR) is 139 cm³/mol. The van der Waals surface area contributed by atoms with E-state index in [0.717, 1.165) is 44.5 Å². The van der Waals surface area contributed by atoms with Crippen LogP contribution in [0.4, 0.5) is 24.9 Å². The van der Waals surface area contributed by atoms with E-state index in [1.165, 1.54) is 6.07 Å². The largest absolute Gasteiger partial charge is 0.416 e. The van der Waals surface area contributed by atoms with Crippen molar-refractivity contribution in [3.05, 3.63) is 41.7 Å². The van der Waals surface area contributed by atoms with Gasteiger partial charge in [0.25, 0.3) is 0 Å². The standard InChI is InChI=1S/C26H31F3N8O2/c27-26(28,29)19-6-1-5-18(15-19)16-31-23-22-24(37(17-32-22)14-13-36-11-3-8-21(36)39)34-25(33-23)30-9-4-12-35-10-2-7-20(35)38/h1,5-6,15,17H,2-4,7-14,16H2,(H2,30,31,33,34). The van der Waals surface area contributed by atoms with Crippen LogP contribution in [0.1, 0.15) is 43.2 Å². The topological polar surface area (TPSA) is 108 Å². The van der Waals surface area contributed by atoms with E-state index in [-0.39, 0.29) is 18.4 Å². The molecule has 0 radical (unpaired) electrons. The van der Waals surface area contributed by atoms with Gasteiger partial charge in [0.2, 0.25) is 17.8 Å². The number of amides is 2. The molecule has 0 spiro atoms. The summed E-state index contributed by atoms with van der Waals surface area (Å²) in [5.41, 5.74) is 0.783. The smallest absolute Gasteiger partial charge is 0.364 e. The summed E-state index contributed by atoms with van der Waals surface area (Å²) in [5.74, 6) is 1.05. The fourth-order valence-corrected chi connectivity index (χ4v) is 4.93. The molecule has 1 aromatic carbocycles. The number of alkyl halides is 3.